The molecule has 0 aliphatic rings. The van der Waals surface area contributed by atoms with E-state index in [0.29, 0.717) is 10.6 Å². The summed E-state index contributed by atoms with van der Waals surface area (Å²) < 4.78 is 40.7. The molecule has 5 nitrogen and oxygen atoms in total. The second kappa shape index (κ2) is 10.0. The lowest BCUT2D eigenvalue weighted by molar-refractivity contribution is -0.122. The maximum atomic E-state index is 13.3. The first kappa shape index (κ1) is 22.9. The van der Waals surface area contributed by atoms with Gasteiger partial charge in [-0.25, -0.2) is 12.8 Å². The zero-order chi connectivity index (χ0) is 22.4. The monoisotopic (exact) mass is 460 g/mol. The van der Waals surface area contributed by atoms with Gasteiger partial charge in [0.1, 0.15) is 5.82 Å². The maximum Gasteiger partial charge on any atom is 0.243 e. The maximum absolute atomic E-state index is 13.3. The first-order chi connectivity index (χ1) is 14.8. The van der Waals surface area contributed by atoms with E-state index in [2.05, 4.69) is 5.32 Å². The minimum absolute atomic E-state index is 0.0692. The number of nitrogens with zero attached hydrogens (tertiary/aromatic N) is 1. The van der Waals surface area contributed by atoms with E-state index in [1.165, 1.54) is 36.4 Å². The average molecular weight is 461 g/mol. The predicted octanol–water partition coefficient (Wildman–Crippen LogP) is 4.55. The molecule has 3 aromatic carbocycles. The topological polar surface area (TPSA) is 66.5 Å². The van der Waals surface area contributed by atoms with Crippen LogP contribution >= 0.6 is 11.6 Å². The number of nitrogens with one attached hydrogen (secondary N) is 1. The van der Waals surface area contributed by atoms with Crippen molar-refractivity contribution >= 4 is 27.5 Å². The molecule has 1 unspecified atom stereocenters. The highest BCUT2D eigenvalue weighted by molar-refractivity contribution is 7.89. The number of rotatable bonds is 8. The summed E-state index contributed by atoms with van der Waals surface area (Å²) in [5.74, 6) is -0.875. The summed E-state index contributed by atoms with van der Waals surface area (Å²) in [5, 5.41) is 3.40. The second-order valence-corrected chi connectivity index (χ2v) is 9.43. The van der Waals surface area contributed by atoms with Crippen molar-refractivity contribution in [3.8, 4) is 0 Å². The van der Waals surface area contributed by atoms with Gasteiger partial charge in [0, 0.05) is 11.6 Å². The van der Waals surface area contributed by atoms with Crippen molar-refractivity contribution in [2.45, 2.75) is 24.4 Å². The molecule has 0 saturated carbocycles. The summed E-state index contributed by atoms with van der Waals surface area (Å²) in [4.78, 5) is 12.8. The van der Waals surface area contributed by atoms with Crippen LogP contribution in [-0.2, 0) is 21.4 Å². The summed E-state index contributed by atoms with van der Waals surface area (Å²) in [6.45, 7) is 1.35. The Balaban J connectivity index is 1.81. The molecule has 8 heteroatoms. The number of benzene rings is 3. The largest absolute Gasteiger partial charge is 0.348 e. The van der Waals surface area contributed by atoms with Gasteiger partial charge in [-0.1, -0.05) is 54.1 Å². The fourth-order valence-electron chi connectivity index (χ4n) is 3.04. The first-order valence-corrected chi connectivity index (χ1v) is 11.4. The number of hydrogen-bond donors (Lipinski definition) is 1. The van der Waals surface area contributed by atoms with Crippen LogP contribution in [0.25, 0.3) is 0 Å². The smallest absolute Gasteiger partial charge is 0.243 e. The fraction of sp³-hybridized carbons (Fsp3) is 0.174. The quantitative estimate of drug-likeness (QED) is 0.536. The minimum atomic E-state index is -3.95. The molecule has 0 aliphatic carbocycles. The summed E-state index contributed by atoms with van der Waals surface area (Å²) in [5.41, 5.74) is 1.41. The van der Waals surface area contributed by atoms with Gasteiger partial charge in [-0.15, -0.1) is 0 Å². The van der Waals surface area contributed by atoms with E-state index in [9.17, 15) is 17.6 Å². The van der Waals surface area contributed by atoms with Crippen LogP contribution in [0.4, 0.5) is 4.39 Å². The number of hydrogen-bond acceptors (Lipinski definition) is 3. The van der Waals surface area contributed by atoms with Crippen molar-refractivity contribution in [3.05, 3.63) is 101 Å². The third kappa shape index (κ3) is 6.13. The fourth-order valence-corrected chi connectivity index (χ4v) is 4.57. The summed E-state index contributed by atoms with van der Waals surface area (Å²) in [7, 11) is -3.95. The minimum Gasteiger partial charge on any atom is -0.348 e. The molecule has 1 amide bonds. The molecule has 162 valence electrons. The molecule has 31 heavy (non-hydrogen) atoms. The van der Waals surface area contributed by atoms with E-state index in [4.69, 9.17) is 11.6 Å². The van der Waals surface area contributed by atoms with Crippen LogP contribution < -0.4 is 5.32 Å². The molecule has 0 heterocycles. The van der Waals surface area contributed by atoms with E-state index < -0.39 is 21.7 Å². The normalized spacial score (nSPS) is 12.5. The van der Waals surface area contributed by atoms with Gasteiger partial charge in [-0.05, 0) is 54.4 Å². The second-order valence-electron chi connectivity index (χ2n) is 7.05. The van der Waals surface area contributed by atoms with Gasteiger partial charge in [0.05, 0.1) is 17.5 Å². The molecule has 0 bridgehead atoms. The van der Waals surface area contributed by atoms with Gasteiger partial charge in [-0.3, -0.25) is 4.79 Å². The molecule has 0 spiro atoms. The Labute approximate surface area is 186 Å². The van der Waals surface area contributed by atoms with Crippen LogP contribution in [0.2, 0.25) is 5.02 Å². The molecule has 0 aliphatic heterocycles. The van der Waals surface area contributed by atoms with Gasteiger partial charge in [0.15, 0.2) is 0 Å². The van der Waals surface area contributed by atoms with Crippen molar-refractivity contribution < 1.29 is 17.6 Å². The lowest BCUT2D eigenvalue weighted by Gasteiger charge is -2.23. The lowest BCUT2D eigenvalue weighted by Crippen LogP contribution is -2.41. The Morgan fingerprint density at radius 2 is 1.61 bits per heavy atom. The molecule has 0 fully saturated rings. The number of carbonyl (C=O) groups excluding carboxylic acids is 1. The van der Waals surface area contributed by atoms with E-state index in [-0.39, 0.29) is 24.0 Å². The summed E-state index contributed by atoms with van der Waals surface area (Å²) in [6, 6.07) is 20.1. The number of carbonyl (C=O) groups is 1. The Bertz CT molecular complexity index is 1120. The SMILES string of the molecule is CC(NC(=O)CN(Cc1ccc(F)cc1)S(=O)(=O)c1ccccc1)c1ccc(Cl)cc1. The van der Waals surface area contributed by atoms with Gasteiger partial charge in [0.25, 0.3) is 0 Å². The van der Waals surface area contributed by atoms with Crippen LogP contribution in [0.5, 0.6) is 0 Å². The van der Waals surface area contributed by atoms with E-state index >= 15 is 0 Å². The van der Waals surface area contributed by atoms with E-state index in [0.717, 1.165) is 9.87 Å². The zero-order valence-corrected chi connectivity index (χ0v) is 18.4. The molecule has 1 N–H and O–H groups in total. The number of sulfonamides is 1. The number of halogens is 2. The van der Waals surface area contributed by atoms with Gasteiger partial charge in [-0.2, -0.15) is 4.31 Å². The molecule has 1 atom stereocenters. The Morgan fingerprint density at radius 1 is 1.00 bits per heavy atom. The third-order valence-electron chi connectivity index (χ3n) is 4.72. The zero-order valence-electron chi connectivity index (χ0n) is 16.8. The van der Waals surface area contributed by atoms with Crippen LogP contribution in [0.3, 0.4) is 0 Å². The van der Waals surface area contributed by atoms with Crippen LogP contribution in [0, 0.1) is 5.82 Å². The molecule has 0 saturated heterocycles. The van der Waals surface area contributed by atoms with Crippen LogP contribution in [0.15, 0.2) is 83.8 Å². The summed E-state index contributed by atoms with van der Waals surface area (Å²) >= 11 is 5.90. The van der Waals surface area contributed by atoms with Gasteiger partial charge >= 0.3 is 0 Å². The molecule has 0 aromatic heterocycles. The highest BCUT2D eigenvalue weighted by Crippen LogP contribution is 2.20. The Hall–Kier alpha value is -2.74. The van der Waals surface area contributed by atoms with Crippen LogP contribution in [0.1, 0.15) is 24.1 Å². The van der Waals surface area contributed by atoms with Gasteiger partial charge < -0.3 is 5.32 Å². The van der Waals surface area contributed by atoms with Crippen molar-refractivity contribution in [2.75, 3.05) is 6.54 Å². The highest BCUT2D eigenvalue weighted by Gasteiger charge is 2.27. The average Bonchev–Trinajstić information content (AvgIpc) is 2.75. The van der Waals surface area contributed by atoms with Crippen molar-refractivity contribution in [1.82, 2.24) is 9.62 Å². The van der Waals surface area contributed by atoms with Crippen molar-refractivity contribution in [2.24, 2.45) is 0 Å². The predicted molar refractivity (Wildman–Crippen MR) is 118 cm³/mol. The van der Waals surface area contributed by atoms with Gasteiger partial charge in [0.2, 0.25) is 15.9 Å². The molecular weight excluding hydrogens is 439 g/mol. The standard InChI is InChI=1S/C23H22ClFN2O3S/c1-17(19-9-11-20(24)12-10-19)26-23(28)16-27(15-18-7-13-21(25)14-8-18)31(29,30)22-5-3-2-4-6-22/h2-14,17H,15-16H2,1H3,(H,26,28). The Morgan fingerprint density at radius 3 is 2.23 bits per heavy atom. The van der Waals surface area contributed by atoms with Crippen LogP contribution in [-0.4, -0.2) is 25.2 Å². The lowest BCUT2D eigenvalue weighted by atomic mass is 10.1. The third-order valence-corrected chi connectivity index (χ3v) is 6.78. The number of amides is 1. The van der Waals surface area contributed by atoms with Crippen molar-refractivity contribution in [1.29, 1.82) is 0 Å². The Kier molecular flexibility index (Phi) is 7.43. The van der Waals surface area contributed by atoms with E-state index in [1.807, 2.05) is 0 Å². The molecule has 3 aromatic rings. The van der Waals surface area contributed by atoms with Crippen molar-refractivity contribution in [3.63, 3.8) is 0 Å². The molecular formula is C23H22ClFN2O3S. The first-order valence-electron chi connectivity index (χ1n) is 9.60. The molecule has 3 rings (SSSR count). The summed E-state index contributed by atoms with van der Waals surface area (Å²) in [6.07, 6.45) is 0. The molecule has 0 radical (unpaired) electrons. The highest BCUT2D eigenvalue weighted by atomic mass is 35.5. The van der Waals surface area contributed by atoms with E-state index in [1.54, 1.807) is 49.4 Å².